The van der Waals surface area contributed by atoms with Gasteiger partial charge in [0.2, 0.25) is 0 Å². The SMILES string of the molecule is CNCCOc1cccc(CC(=O)OC)c1.Cl. The van der Waals surface area contributed by atoms with Gasteiger partial charge in [-0.15, -0.1) is 12.4 Å². The molecule has 0 saturated heterocycles. The van der Waals surface area contributed by atoms with Gasteiger partial charge in [0.15, 0.2) is 0 Å². The number of ether oxygens (including phenoxy) is 2. The first-order valence-corrected chi connectivity index (χ1v) is 5.19. The van der Waals surface area contributed by atoms with Crippen LogP contribution in [0.5, 0.6) is 5.75 Å². The van der Waals surface area contributed by atoms with Crippen LogP contribution in [-0.2, 0) is 16.0 Å². The van der Waals surface area contributed by atoms with Gasteiger partial charge in [0.05, 0.1) is 13.5 Å². The maximum atomic E-state index is 11.1. The number of rotatable bonds is 6. The summed E-state index contributed by atoms with van der Waals surface area (Å²) < 4.78 is 10.1. The fourth-order valence-electron chi connectivity index (χ4n) is 1.26. The van der Waals surface area contributed by atoms with Crippen LogP contribution < -0.4 is 10.1 Å². The van der Waals surface area contributed by atoms with Crippen LogP contribution in [0.3, 0.4) is 0 Å². The van der Waals surface area contributed by atoms with Crippen molar-refractivity contribution in [1.82, 2.24) is 5.32 Å². The van der Waals surface area contributed by atoms with Crippen molar-refractivity contribution in [3.63, 3.8) is 0 Å². The van der Waals surface area contributed by atoms with E-state index in [9.17, 15) is 4.79 Å². The van der Waals surface area contributed by atoms with E-state index in [0.29, 0.717) is 6.61 Å². The highest BCUT2D eigenvalue weighted by Crippen LogP contribution is 2.13. The van der Waals surface area contributed by atoms with E-state index in [4.69, 9.17) is 4.74 Å². The Bertz CT molecular complexity index is 344. The summed E-state index contributed by atoms with van der Waals surface area (Å²) >= 11 is 0. The predicted octanol–water partition coefficient (Wildman–Crippen LogP) is 1.42. The third-order valence-electron chi connectivity index (χ3n) is 2.10. The fraction of sp³-hybridized carbons (Fsp3) is 0.417. The van der Waals surface area contributed by atoms with Gasteiger partial charge in [0, 0.05) is 6.54 Å². The summed E-state index contributed by atoms with van der Waals surface area (Å²) in [6, 6.07) is 7.47. The summed E-state index contributed by atoms with van der Waals surface area (Å²) in [6.07, 6.45) is 0.278. The minimum absolute atomic E-state index is 0. The third-order valence-corrected chi connectivity index (χ3v) is 2.10. The largest absolute Gasteiger partial charge is 0.492 e. The smallest absolute Gasteiger partial charge is 0.309 e. The van der Waals surface area contributed by atoms with Crippen LogP contribution in [0.25, 0.3) is 0 Å². The summed E-state index contributed by atoms with van der Waals surface area (Å²) in [5.41, 5.74) is 0.897. The van der Waals surface area contributed by atoms with Gasteiger partial charge < -0.3 is 14.8 Å². The van der Waals surface area contributed by atoms with Gasteiger partial charge in [-0.25, -0.2) is 0 Å². The van der Waals surface area contributed by atoms with Crippen LogP contribution in [0, 0.1) is 0 Å². The zero-order valence-corrected chi connectivity index (χ0v) is 10.9. The molecule has 1 aromatic carbocycles. The maximum absolute atomic E-state index is 11.1. The number of likely N-dealkylation sites (N-methyl/N-ethyl adjacent to an activating group) is 1. The number of esters is 1. The van der Waals surface area contributed by atoms with Crippen LogP contribution in [0.1, 0.15) is 5.56 Å². The lowest BCUT2D eigenvalue weighted by Gasteiger charge is -2.07. The van der Waals surface area contributed by atoms with Gasteiger partial charge in [-0.1, -0.05) is 12.1 Å². The molecule has 0 heterocycles. The van der Waals surface area contributed by atoms with Crippen molar-refractivity contribution >= 4 is 18.4 Å². The molecule has 1 rings (SSSR count). The second-order valence-corrected chi connectivity index (χ2v) is 3.35. The lowest BCUT2D eigenvalue weighted by Crippen LogP contribution is -2.16. The number of methoxy groups -OCH3 is 1. The topological polar surface area (TPSA) is 47.6 Å². The number of hydrogen-bond donors (Lipinski definition) is 1. The molecule has 1 N–H and O–H groups in total. The van der Waals surface area contributed by atoms with Crippen molar-refractivity contribution in [3.8, 4) is 5.75 Å². The number of carbonyl (C=O) groups is 1. The first kappa shape index (κ1) is 15.7. The summed E-state index contributed by atoms with van der Waals surface area (Å²) in [4.78, 5) is 11.1. The maximum Gasteiger partial charge on any atom is 0.309 e. The molecule has 0 aliphatic heterocycles. The van der Waals surface area contributed by atoms with E-state index in [1.54, 1.807) is 0 Å². The van der Waals surface area contributed by atoms with Crippen molar-refractivity contribution in [2.75, 3.05) is 27.3 Å². The van der Waals surface area contributed by atoms with Crippen molar-refractivity contribution < 1.29 is 14.3 Å². The highest BCUT2D eigenvalue weighted by Gasteiger charge is 2.03. The van der Waals surface area contributed by atoms with Gasteiger partial charge in [-0.2, -0.15) is 0 Å². The Labute approximate surface area is 108 Å². The quantitative estimate of drug-likeness (QED) is 0.620. The van der Waals surface area contributed by atoms with Crippen molar-refractivity contribution in [2.24, 2.45) is 0 Å². The Morgan fingerprint density at radius 2 is 2.18 bits per heavy atom. The van der Waals surface area contributed by atoms with Crippen LogP contribution in [0.15, 0.2) is 24.3 Å². The summed E-state index contributed by atoms with van der Waals surface area (Å²) in [7, 11) is 3.26. The van der Waals surface area contributed by atoms with E-state index in [1.165, 1.54) is 7.11 Å². The van der Waals surface area contributed by atoms with Crippen LogP contribution in [-0.4, -0.2) is 33.3 Å². The molecule has 0 aliphatic rings. The molecule has 0 aliphatic carbocycles. The summed E-state index contributed by atoms with van der Waals surface area (Å²) in [5.74, 6) is 0.532. The van der Waals surface area contributed by atoms with Crippen molar-refractivity contribution in [3.05, 3.63) is 29.8 Å². The second kappa shape index (κ2) is 8.84. The summed E-state index contributed by atoms with van der Waals surface area (Å²) in [5, 5.41) is 2.99. The molecule has 96 valence electrons. The molecule has 4 nitrogen and oxygen atoms in total. The molecule has 0 atom stereocenters. The highest BCUT2D eigenvalue weighted by molar-refractivity contribution is 5.85. The van der Waals surface area contributed by atoms with Gasteiger partial charge in [-0.3, -0.25) is 4.79 Å². The first-order valence-electron chi connectivity index (χ1n) is 5.19. The lowest BCUT2D eigenvalue weighted by molar-refractivity contribution is -0.139. The zero-order valence-electron chi connectivity index (χ0n) is 10.1. The molecular formula is C12H18ClNO3. The molecule has 0 fully saturated rings. The average molecular weight is 260 g/mol. The molecule has 0 saturated carbocycles. The zero-order chi connectivity index (χ0) is 11.8. The van der Waals surface area contributed by atoms with E-state index in [1.807, 2.05) is 31.3 Å². The Hall–Kier alpha value is -1.26. The van der Waals surface area contributed by atoms with E-state index in [0.717, 1.165) is 17.9 Å². The van der Waals surface area contributed by atoms with Crippen LogP contribution in [0.2, 0.25) is 0 Å². The van der Waals surface area contributed by atoms with Gasteiger partial charge in [0.1, 0.15) is 12.4 Å². The molecule has 0 unspecified atom stereocenters. The standard InChI is InChI=1S/C12H17NO3.ClH/c1-13-6-7-16-11-5-3-4-10(8-11)9-12(14)15-2;/h3-5,8,13H,6-7,9H2,1-2H3;1H. The number of hydrogen-bond acceptors (Lipinski definition) is 4. The highest BCUT2D eigenvalue weighted by atomic mass is 35.5. The van der Waals surface area contributed by atoms with Crippen molar-refractivity contribution in [2.45, 2.75) is 6.42 Å². The molecule has 0 bridgehead atoms. The average Bonchev–Trinajstić information content (AvgIpc) is 2.30. The Morgan fingerprint density at radius 3 is 2.82 bits per heavy atom. The molecule has 0 amide bonds. The molecule has 17 heavy (non-hydrogen) atoms. The van der Waals surface area contributed by atoms with Gasteiger partial charge >= 0.3 is 5.97 Å². The van der Waals surface area contributed by atoms with E-state index >= 15 is 0 Å². The molecule has 0 radical (unpaired) electrons. The number of benzene rings is 1. The van der Waals surface area contributed by atoms with E-state index < -0.39 is 0 Å². The fourth-order valence-corrected chi connectivity index (χ4v) is 1.26. The first-order chi connectivity index (χ1) is 7.76. The van der Waals surface area contributed by atoms with Crippen LogP contribution in [0.4, 0.5) is 0 Å². The molecular weight excluding hydrogens is 242 g/mol. The minimum Gasteiger partial charge on any atom is -0.492 e. The second-order valence-electron chi connectivity index (χ2n) is 3.35. The predicted molar refractivity (Wildman–Crippen MR) is 68.8 cm³/mol. The molecule has 5 heteroatoms. The monoisotopic (exact) mass is 259 g/mol. The normalized spacial score (nSPS) is 9.29. The number of nitrogens with one attached hydrogen (secondary N) is 1. The van der Waals surface area contributed by atoms with Gasteiger partial charge in [0.25, 0.3) is 0 Å². The Morgan fingerprint density at radius 1 is 1.41 bits per heavy atom. The van der Waals surface area contributed by atoms with E-state index in [2.05, 4.69) is 10.1 Å². The summed E-state index contributed by atoms with van der Waals surface area (Å²) in [6.45, 7) is 1.40. The number of carbonyl (C=O) groups excluding carboxylic acids is 1. The third kappa shape index (κ3) is 6.14. The minimum atomic E-state index is -0.243. The number of halogens is 1. The Balaban J connectivity index is 0.00000256. The van der Waals surface area contributed by atoms with E-state index in [-0.39, 0.29) is 24.8 Å². The van der Waals surface area contributed by atoms with Gasteiger partial charge in [-0.05, 0) is 24.7 Å². The molecule has 0 aromatic heterocycles. The molecule has 1 aromatic rings. The lowest BCUT2D eigenvalue weighted by atomic mass is 10.1. The van der Waals surface area contributed by atoms with Crippen molar-refractivity contribution in [1.29, 1.82) is 0 Å². The Kier molecular flexibility index (Phi) is 8.19. The molecule has 0 spiro atoms. The van der Waals surface area contributed by atoms with Crippen LogP contribution >= 0.6 is 12.4 Å².